The molecule has 0 saturated heterocycles. The summed E-state index contributed by atoms with van der Waals surface area (Å²) in [5.74, 6) is -1.13. The molecule has 0 radical (unpaired) electrons. The Morgan fingerprint density at radius 1 is 1.09 bits per heavy atom. The second kappa shape index (κ2) is 3.96. The third-order valence-corrected chi connectivity index (χ3v) is 4.15. The highest BCUT2D eigenvalue weighted by Gasteiger charge is 2.40. The van der Waals surface area contributed by atoms with E-state index in [1.54, 1.807) is 13.8 Å². The summed E-state index contributed by atoms with van der Waals surface area (Å²) < 4.78 is 35.8. The van der Waals surface area contributed by atoms with Crippen molar-refractivity contribution in [3.05, 3.63) is 0 Å². The zero-order valence-corrected chi connectivity index (χ0v) is 8.90. The molecule has 68 valence electrons. The Balaban J connectivity index is 4.13. The largest absolute Gasteiger partial charge is 0.392 e. The second-order valence-corrected chi connectivity index (χ2v) is 4.46. The summed E-state index contributed by atoms with van der Waals surface area (Å²) in [5, 5.41) is 0. The molecule has 0 aromatic heterocycles. The first kappa shape index (κ1) is 11.5. The molecule has 0 amide bonds. The SMILES string of the molecule is CC(C)C(I)[C@@H](C)C(F)(F)F. The molecule has 0 fully saturated rings. The molecule has 0 N–H and O–H groups in total. The van der Waals surface area contributed by atoms with Crippen LogP contribution in [0.2, 0.25) is 0 Å². The highest BCUT2D eigenvalue weighted by molar-refractivity contribution is 14.1. The summed E-state index contributed by atoms with van der Waals surface area (Å²) in [5.41, 5.74) is 0. The highest BCUT2D eigenvalue weighted by atomic mass is 127. The van der Waals surface area contributed by atoms with Crippen molar-refractivity contribution >= 4 is 22.6 Å². The van der Waals surface area contributed by atoms with Crippen molar-refractivity contribution in [2.75, 3.05) is 0 Å². The fraction of sp³-hybridized carbons (Fsp3) is 1.00. The smallest absolute Gasteiger partial charge is 0.171 e. The maximum absolute atomic E-state index is 12.1. The van der Waals surface area contributed by atoms with Crippen molar-refractivity contribution < 1.29 is 13.2 Å². The summed E-state index contributed by atoms with van der Waals surface area (Å²) in [6.07, 6.45) is -4.05. The fourth-order valence-corrected chi connectivity index (χ4v) is 1.17. The van der Waals surface area contributed by atoms with E-state index in [0.717, 1.165) is 0 Å². The van der Waals surface area contributed by atoms with Crippen LogP contribution >= 0.6 is 22.6 Å². The molecule has 0 aromatic carbocycles. The van der Waals surface area contributed by atoms with E-state index in [2.05, 4.69) is 0 Å². The molecule has 1 unspecified atom stereocenters. The van der Waals surface area contributed by atoms with Gasteiger partial charge in [0, 0.05) is 3.92 Å². The Kier molecular flexibility index (Phi) is 4.15. The van der Waals surface area contributed by atoms with E-state index in [4.69, 9.17) is 0 Å². The van der Waals surface area contributed by atoms with Crippen molar-refractivity contribution in [3.8, 4) is 0 Å². The van der Waals surface area contributed by atoms with Gasteiger partial charge in [-0.3, -0.25) is 0 Å². The number of hydrogen-bond acceptors (Lipinski definition) is 0. The molecule has 0 aliphatic carbocycles. The van der Waals surface area contributed by atoms with E-state index in [1.807, 2.05) is 22.6 Å². The zero-order chi connectivity index (χ0) is 9.23. The molecule has 0 spiro atoms. The first-order valence-corrected chi connectivity index (χ1v) is 4.72. The number of rotatable bonds is 2. The lowest BCUT2D eigenvalue weighted by Crippen LogP contribution is -2.30. The van der Waals surface area contributed by atoms with E-state index in [1.165, 1.54) is 6.92 Å². The third kappa shape index (κ3) is 3.62. The molecule has 2 atom stereocenters. The molecule has 4 heteroatoms. The zero-order valence-electron chi connectivity index (χ0n) is 6.74. The summed E-state index contributed by atoms with van der Waals surface area (Å²) in [6.45, 7) is 4.84. The van der Waals surface area contributed by atoms with E-state index in [9.17, 15) is 13.2 Å². The predicted octanol–water partition coefficient (Wildman–Crippen LogP) is 3.64. The van der Waals surface area contributed by atoms with Crippen molar-refractivity contribution in [2.45, 2.75) is 30.9 Å². The molecule has 0 heterocycles. The average Bonchev–Trinajstić information content (AvgIpc) is 1.82. The van der Waals surface area contributed by atoms with Gasteiger partial charge in [-0.1, -0.05) is 43.4 Å². The Labute approximate surface area is 78.7 Å². The highest BCUT2D eigenvalue weighted by Crippen LogP contribution is 2.35. The monoisotopic (exact) mass is 280 g/mol. The second-order valence-electron chi connectivity index (χ2n) is 3.02. The minimum absolute atomic E-state index is 0.0761. The summed E-state index contributed by atoms with van der Waals surface area (Å²) >= 11 is 1.86. The first-order chi connectivity index (χ1) is 4.76. The third-order valence-electron chi connectivity index (χ3n) is 1.63. The molecule has 0 nitrogen and oxygen atoms in total. The van der Waals surface area contributed by atoms with Crippen LogP contribution in [0.25, 0.3) is 0 Å². The normalized spacial score (nSPS) is 18.5. The molecule has 0 aliphatic rings. The van der Waals surface area contributed by atoms with Crippen LogP contribution in [0.15, 0.2) is 0 Å². The van der Waals surface area contributed by atoms with Crippen LogP contribution in [-0.4, -0.2) is 10.1 Å². The molecule has 0 saturated carbocycles. The first-order valence-electron chi connectivity index (χ1n) is 3.47. The standard InChI is InChI=1S/C7H12F3I/c1-4(2)6(11)5(3)7(8,9)10/h4-6H,1-3H3/t5-,6?/m1/s1. The van der Waals surface area contributed by atoms with E-state index in [-0.39, 0.29) is 9.84 Å². The molecular weight excluding hydrogens is 268 g/mol. The molecule has 0 bridgehead atoms. The van der Waals surface area contributed by atoms with E-state index in [0.29, 0.717) is 0 Å². The van der Waals surface area contributed by atoms with Gasteiger partial charge in [-0.15, -0.1) is 0 Å². The van der Waals surface area contributed by atoms with Crippen molar-refractivity contribution in [1.29, 1.82) is 0 Å². The van der Waals surface area contributed by atoms with E-state index >= 15 is 0 Å². The van der Waals surface area contributed by atoms with Crippen molar-refractivity contribution in [1.82, 2.24) is 0 Å². The number of alkyl halides is 4. The lowest BCUT2D eigenvalue weighted by atomic mass is 9.98. The molecular formula is C7H12F3I. The lowest BCUT2D eigenvalue weighted by Gasteiger charge is -2.23. The minimum Gasteiger partial charge on any atom is -0.171 e. The van der Waals surface area contributed by atoms with Gasteiger partial charge in [0.25, 0.3) is 0 Å². The van der Waals surface area contributed by atoms with Crippen molar-refractivity contribution in [2.24, 2.45) is 11.8 Å². The van der Waals surface area contributed by atoms with Crippen LogP contribution in [0.4, 0.5) is 13.2 Å². The summed E-state index contributed by atoms with van der Waals surface area (Å²) in [6, 6.07) is 0. The van der Waals surface area contributed by atoms with Crippen LogP contribution in [0.5, 0.6) is 0 Å². The van der Waals surface area contributed by atoms with Crippen LogP contribution < -0.4 is 0 Å². The molecule has 0 rings (SSSR count). The average molecular weight is 280 g/mol. The quantitative estimate of drug-likeness (QED) is 0.535. The maximum Gasteiger partial charge on any atom is 0.392 e. The van der Waals surface area contributed by atoms with Gasteiger partial charge < -0.3 is 0 Å². The topological polar surface area (TPSA) is 0 Å². The molecule has 0 aliphatic heterocycles. The van der Waals surface area contributed by atoms with Gasteiger partial charge in [0.2, 0.25) is 0 Å². The van der Waals surface area contributed by atoms with Crippen molar-refractivity contribution in [3.63, 3.8) is 0 Å². The minimum atomic E-state index is -4.05. The number of halogens is 4. The van der Waals surface area contributed by atoms with Crippen LogP contribution in [0.1, 0.15) is 20.8 Å². The molecule has 11 heavy (non-hydrogen) atoms. The van der Waals surface area contributed by atoms with Crippen LogP contribution in [0, 0.1) is 11.8 Å². The van der Waals surface area contributed by atoms with Crippen LogP contribution in [0.3, 0.4) is 0 Å². The Morgan fingerprint density at radius 2 is 1.45 bits per heavy atom. The maximum atomic E-state index is 12.1. The van der Waals surface area contributed by atoms with Gasteiger partial charge in [-0.25, -0.2) is 0 Å². The Morgan fingerprint density at radius 3 is 1.55 bits per heavy atom. The predicted molar refractivity (Wildman–Crippen MR) is 47.9 cm³/mol. The fourth-order valence-electron chi connectivity index (χ4n) is 0.758. The summed E-state index contributed by atoms with van der Waals surface area (Å²) in [4.78, 5) is 0. The molecule has 0 aromatic rings. The van der Waals surface area contributed by atoms with Crippen LogP contribution in [-0.2, 0) is 0 Å². The summed E-state index contributed by atoms with van der Waals surface area (Å²) in [7, 11) is 0. The Hall–Kier alpha value is 0.520. The lowest BCUT2D eigenvalue weighted by molar-refractivity contribution is -0.170. The van der Waals surface area contributed by atoms with E-state index < -0.39 is 12.1 Å². The van der Waals surface area contributed by atoms with Gasteiger partial charge in [0.1, 0.15) is 0 Å². The van der Waals surface area contributed by atoms with Gasteiger partial charge in [0.15, 0.2) is 0 Å². The number of hydrogen-bond donors (Lipinski definition) is 0. The Bertz CT molecular complexity index is 119. The van der Waals surface area contributed by atoms with Gasteiger partial charge in [-0.05, 0) is 5.92 Å². The van der Waals surface area contributed by atoms with Gasteiger partial charge >= 0.3 is 6.18 Å². The van der Waals surface area contributed by atoms with Gasteiger partial charge in [-0.2, -0.15) is 13.2 Å². The van der Waals surface area contributed by atoms with Gasteiger partial charge in [0.05, 0.1) is 5.92 Å².